The third-order valence-electron chi connectivity index (χ3n) is 2.62. The molecule has 0 atom stereocenters. The number of ether oxygens (including phenoxy) is 1. The summed E-state index contributed by atoms with van der Waals surface area (Å²) in [5.74, 6) is 0.0182. The van der Waals surface area contributed by atoms with Crippen LogP contribution in [-0.2, 0) is 11.3 Å². The lowest BCUT2D eigenvalue weighted by atomic mass is 10.2. The molecule has 2 aromatic carbocycles. The Labute approximate surface area is 130 Å². The van der Waals surface area contributed by atoms with E-state index in [1.807, 2.05) is 12.1 Å². The summed E-state index contributed by atoms with van der Waals surface area (Å²) in [7, 11) is 0. The first-order valence-corrected chi connectivity index (χ1v) is 7.11. The summed E-state index contributed by atoms with van der Waals surface area (Å²) < 4.78 is 19.8. The predicted octanol–water partition coefficient (Wildman–Crippen LogP) is 3.13. The number of carbonyl (C=O) groups is 1. The maximum atomic E-state index is 13.3. The van der Waals surface area contributed by atoms with E-state index in [0.29, 0.717) is 11.3 Å². The van der Waals surface area contributed by atoms with E-state index in [1.54, 1.807) is 30.3 Å². The largest absolute Gasteiger partial charge is 0.484 e. The third kappa shape index (κ3) is 4.48. The molecule has 0 bridgehead atoms. The van der Waals surface area contributed by atoms with Crippen molar-refractivity contribution in [2.45, 2.75) is 6.54 Å². The zero-order valence-corrected chi connectivity index (χ0v) is 12.8. The minimum atomic E-state index is -0.327. The number of amides is 1. The molecule has 0 aromatic heterocycles. The van der Waals surface area contributed by atoms with Gasteiger partial charge in [0.15, 0.2) is 6.61 Å². The zero-order chi connectivity index (χ0) is 14.4. The van der Waals surface area contributed by atoms with Crippen LogP contribution in [0.25, 0.3) is 0 Å². The summed E-state index contributed by atoms with van der Waals surface area (Å²) >= 11 is 2.19. The van der Waals surface area contributed by atoms with Crippen LogP contribution in [-0.4, -0.2) is 12.5 Å². The Hall–Kier alpha value is -1.63. The number of carbonyl (C=O) groups excluding carboxylic acids is 1. The fourth-order valence-electron chi connectivity index (χ4n) is 1.57. The van der Waals surface area contributed by atoms with E-state index in [-0.39, 0.29) is 24.9 Å². The van der Waals surface area contributed by atoms with Gasteiger partial charge in [0, 0.05) is 15.7 Å². The molecule has 0 saturated carbocycles. The molecule has 1 N–H and O–H groups in total. The quantitative estimate of drug-likeness (QED) is 0.804. The number of hydrogen-bond acceptors (Lipinski definition) is 2. The van der Waals surface area contributed by atoms with Gasteiger partial charge < -0.3 is 10.1 Å². The predicted molar refractivity (Wildman–Crippen MR) is 82.9 cm³/mol. The Morgan fingerprint density at radius 2 is 1.85 bits per heavy atom. The van der Waals surface area contributed by atoms with Gasteiger partial charge in [-0.15, -0.1) is 0 Å². The van der Waals surface area contributed by atoms with E-state index in [0.717, 1.165) is 3.57 Å². The van der Waals surface area contributed by atoms with Crippen molar-refractivity contribution in [3.05, 3.63) is 63.5 Å². The van der Waals surface area contributed by atoms with Gasteiger partial charge in [-0.1, -0.05) is 18.2 Å². The van der Waals surface area contributed by atoms with Crippen molar-refractivity contribution in [1.29, 1.82) is 0 Å². The van der Waals surface area contributed by atoms with Crippen molar-refractivity contribution in [1.82, 2.24) is 5.32 Å². The third-order valence-corrected chi connectivity index (χ3v) is 3.34. The molecule has 0 spiro atoms. The SMILES string of the molecule is O=C(COc1ccc(I)cc1)NCc1ccccc1F. The van der Waals surface area contributed by atoms with Crippen molar-refractivity contribution >= 4 is 28.5 Å². The van der Waals surface area contributed by atoms with Crippen molar-refractivity contribution in [3.8, 4) is 5.75 Å². The second-order valence-electron chi connectivity index (χ2n) is 4.11. The molecule has 2 aromatic rings. The molecule has 0 saturated heterocycles. The van der Waals surface area contributed by atoms with Crippen LogP contribution in [0.4, 0.5) is 4.39 Å². The van der Waals surface area contributed by atoms with Gasteiger partial charge in [-0.2, -0.15) is 0 Å². The topological polar surface area (TPSA) is 38.3 Å². The lowest BCUT2D eigenvalue weighted by Crippen LogP contribution is -2.28. The van der Waals surface area contributed by atoms with Crippen LogP contribution in [0.3, 0.4) is 0 Å². The van der Waals surface area contributed by atoms with Crippen LogP contribution in [0.1, 0.15) is 5.56 Å². The van der Waals surface area contributed by atoms with Crippen molar-refractivity contribution in [3.63, 3.8) is 0 Å². The van der Waals surface area contributed by atoms with Crippen LogP contribution in [0.15, 0.2) is 48.5 Å². The molecule has 0 fully saturated rings. The smallest absolute Gasteiger partial charge is 0.258 e. The van der Waals surface area contributed by atoms with Gasteiger partial charge in [0.1, 0.15) is 11.6 Å². The maximum absolute atomic E-state index is 13.3. The summed E-state index contributed by atoms with van der Waals surface area (Å²) in [6.45, 7) is 0.0661. The summed E-state index contributed by atoms with van der Waals surface area (Å²) in [6.07, 6.45) is 0. The monoisotopic (exact) mass is 385 g/mol. The van der Waals surface area contributed by atoms with Gasteiger partial charge >= 0.3 is 0 Å². The molecule has 3 nitrogen and oxygen atoms in total. The van der Waals surface area contributed by atoms with Crippen molar-refractivity contribution < 1.29 is 13.9 Å². The second-order valence-corrected chi connectivity index (χ2v) is 5.36. The molecule has 0 aliphatic carbocycles. The maximum Gasteiger partial charge on any atom is 0.258 e. The minimum absolute atomic E-state index is 0.0882. The first-order chi connectivity index (χ1) is 9.65. The van der Waals surface area contributed by atoms with Crippen LogP contribution in [0.2, 0.25) is 0 Å². The molecule has 0 unspecified atom stereocenters. The van der Waals surface area contributed by atoms with Crippen LogP contribution in [0.5, 0.6) is 5.75 Å². The zero-order valence-electron chi connectivity index (χ0n) is 10.6. The number of benzene rings is 2. The van der Waals surface area contributed by atoms with E-state index in [4.69, 9.17) is 4.74 Å². The molecule has 0 aliphatic heterocycles. The highest BCUT2D eigenvalue weighted by Gasteiger charge is 2.05. The Kier molecular flexibility index (Phi) is 5.34. The number of rotatable bonds is 5. The van der Waals surface area contributed by atoms with Gasteiger partial charge in [0.05, 0.1) is 0 Å². The van der Waals surface area contributed by atoms with Gasteiger partial charge in [-0.3, -0.25) is 4.79 Å². The summed E-state index contributed by atoms with van der Waals surface area (Å²) in [6, 6.07) is 13.7. The number of hydrogen-bond donors (Lipinski definition) is 1. The Balaban J connectivity index is 1.78. The summed E-state index contributed by atoms with van der Waals surface area (Å²) in [5, 5.41) is 2.62. The van der Waals surface area contributed by atoms with Crippen molar-refractivity contribution in [2.24, 2.45) is 0 Å². The molecule has 5 heteroatoms. The highest BCUT2D eigenvalue weighted by molar-refractivity contribution is 14.1. The highest BCUT2D eigenvalue weighted by Crippen LogP contribution is 2.13. The molecule has 0 radical (unpaired) electrons. The molecule has 0 aliphatic rings. The standard InChI is InChI=1S/C15H13FINO2/c16-14-4-2-1-3-11(14)9-18-15(19)10-20-13-7-5-12(17)6-8-13/h1-8H,9-10H2,(H,18,19). The van der Waals surface area contributed by atoms with E-state index < -0.39 is 0 Å². The average Bonchev–Trinajstić information content (AvgIpc) is 2.46. The number of halogens is 2. The second kappa shape index (κ2) is 7.23. The van der Waals surface area contributed by atoms with E-state index >= 15 is 0 Å². The lowest BCUT2D eigenvalue weighted by Gasteiger charge is -2.08. The molecule has 1 amide bonds. The van der Waals surface area contributed by atoms with Gasteiger partial charge in [-0.25, -0.2) is 4.39 Å². The molecule has 104 valence electrons. The van der Waals surface area contributed by atoms with Crippen LogP contribution >= 0.6 is 22.6 Å². The highest BCUT2D eigenvalue weighted by atomic mass is 127. The Morgan fingerprint density at radius 1 is 1.15 bits per heavy atom. The van der Waals surface area contributed by atoms with E-state index in [1.165, 1.54) is 6.07 Å². The fraction of sp³-hybridized carbons (Fsp3) is 0.133. The minimum Gasteiger partial charge on any atom is -0.484 e. The van der Waals surface area contributed by atoms with E-state index in [2.05, 4.69) is 27.9 Å². The molecular weight excluding hydrogens is 372 g/mol. The Bertz CT molecular complexity index is 587. The van der Waals surface area contributed by atoms with Crippen molar-refractivity contribution in [2.75, 3.05) is 6.61 Å². The molecule has 0 heterocycles. The average molecular weight is 385 g/mol. The van der Waals surface area contributed by atoms with Crippen LogP contribution in [0, 0.1) is 9.39 Å². The first kappa shape index (κ1) is 14.8. The summed E-state index contributed by atoms with van der Waals surface area (Å²) in [4.78, 5) is 11.6. The fourth-order valence-corrected chi connectivity index (χ4v) is 1.93. The van der Waals surface area contributed by atoms with Crippen LogP contribution < -0.4 is 10.1 Å². The normalized spacial score (nSPS) is 10.1. The first-order valence-electron chi connectivity index (χ1n) is 6.03. The molecule has 2 rings (SSSR count). The summed E-state index contributed by atoms with van der Waals surface area (Å²) in [5.41, 5.74) is 0.454. The molecule has 20 heavy (non-hydrogen) atoms. The Morgan fingerprint density at radius 3 is 2.55 bits per heavy atom. The van der Waals surface area contributed by atoms with Gasteiger partial charge in [-0.05, 0) is 52.9 Å². The molecular formula is C15H13FINO2. The van der Waals surface area contributed by atoms with E-state index in [9.17, 15) is 9.18 Å². The lowest BCUT2D eigenvalue weighted by molar-refractivity contribution is -0.123. The number of nitrogens with one attached hydrogen (secondary N) is 1. The van der Waals surface area contributed by atoms with Gasteiger partial charge in [0.2, 0.25) is 0 Å². The van der Waals surface area contributed by atoms with Gasteiger partial charge in [0.25, 0.3) is 5.91 Å².